The molecule has 0 bridgehead atoms. The molecule has 1 rings (SSSR count). The number of aliphatic hydroxyl groups is 1. The third-order valence-electron chi connectivity index (χ3n) is 1.76. The lowest BCUT2D eigenvalue weighted by Gasteiger charge is -2.14. The average molecular weight is 221 g/mol. The van der Waals surface area contributed by atoms with E-state index in [-0.39, 0.29) is 12.6 Å². The molecule has 5 heteroatoms. The molecule has 13 heavy (non-hydrogen) atoms. The quantitative estimate of drug-likeness (QED) is 0.762. The second kappa shape index (κ2) is 4.77. The summed E-state index contributed by atoms with van der Waals surface area (Å²) >= 11 is 11.6. The highest BCUT2D eigenvalue weighted by Crippen LogP contribution is 2.23. The van der Waals surface area contributed by atoms with Crippen LogP contribution in [0.2, 0.25) is 10.2 Å². The van der Waals surface area contributed by atoms with Gasteiger partial charge in [-0.1, -0.05) is 23.2 Å². The molecule has 3 nitrogen and oxygen atoms in total. The third-order valence-corrected chi connectivity index (χ3v) is 2.28. The van der Waals surface area contributed by atoms with Crippen molar-refractivity contribution in [3.8, 4) is 0 Å². The van der Waals surface area contributed by atoms with Gasteiger partial charge in [-0.15, -0.1) is 0 Å². The Morgan fingerprint density at radius 1 is 1.62 bits per heavy atom. The lowest BCUT2D eigenvalue weighted by Crippen LogP contribution is -2.20. The van der Waals surface area contributed by atoms with Crippen molar-refractivity contribution in [1.29, 1.82) is 0 Å². The van der Waals surface area contributed by atoms with Gasteiger partial charge in [-0.05, 0) is 18.7 Å². The van der Waals surface area contributed by atoms with Crippen molar-refractivity contribution in [2.24, 2.45) is 0 Å². The minimum absolute atomic E-state index is 0.0312. The molecule has 1 atom stereocenters. The Labute approximate surface area is 86.7 Å². The number of nitrogens with one attached hydrogen (secondary N) is 1. The second-order valence-electron chi connectivity index (χ2n) is 2.55. The highest BCUT2D eigenvalue weighted by molar-refractivity contribution is 6.32. The molecule has 1 aromatic rings. The van der Waals surface area contributed by atoms with Gasteiger partial charge >= 0.3 is 0 Å². The predicted molar refractivity (Wildman–Crippen MR) is 53.1 cm³/mol. The third kappa shape index (κ3) is 2.54. The van der Waals surface area contributed by atoms with Crippen LogP contribution in [0.4, 0.5) is 0 Å². The smallest absolute Gasteiger partial charge is 0.129 e. The highest BCUT2D eigenvalue weighted by atomic mass is 35.5. The van der Waals surface area contributed by atoms with Crippen molar-refractivity contribution in [2.75, 3.05) is 13.7 Å². The summed E-state index contributed by atoms with van der Waals surface area (Å²) in [5, 5.41) is 12.8. The van der Waals surface area contributed by atoms with Gasteiger partial charge in [0.05, 0.1) is 17.7 Å². The largest absolute Gasteiger partial charge is 0.394 e. The van der Waals surface area contributed by atoms with Gasteiger partial charge in [0.2, 0.25) is 0 Å². The van der Waals surface area contributed by atoms with Crippen LogP contribution in [0.5, 0.6) is 0 Å². The maximum Gasteiger partial charge on any atom is 0.129 e. The Hall–Kier alpha value is -0.350. The summed E-state index contributed by atoms with van der Waals surface area (Å²) in [4.78, 5) is 3.81. The van der Waals surface area contributed by atoms with Crippen molar-refractivity contribution in [1.82, 2.24) is 10.3 Å². The SMILES string of the molecule is CNC(CO)c1cc(Cl)ncc1Cl. The normalized spacial score (nSPS) is 12.9. The molecule has 0 saturated heterocycles. The first-order valence-corrected chi connectivity index (χ1v) is 4.53. The van der Waals surface area contributed by atoms with Crippen LogP contribution in [-0.2, 0) is 0 Å². The minimum Gasteiger partial charge on any atom is -0.394 e. The molecule has 0 radical (unpaired) electrons. The van der Waals surface area contributed by atoms with E-state index in [4.69, 9.17) is 28.3 Å². The van der Waals surface area contributed by atoms with Crippen LogP contribution in [0.3, 0.4) is 0 Å². The van der Waals surface area contributed by atoms with Gasteiger partial charge in [0, 0.05) is 6.20 Å². The van der Waals surface area contributed by atoms with Gasteiger partial charge in [0.25, 0.3) is 0 Å². The van der Waals surface area contributed by atoms with E-state index >= 15 is 0 Å². The molecule has 0 amide bonds. The van der Waals surface area contributed by atoms with Crippen molar-refractivity contribution in [3.05, 3.63) is 28.0 Å². The Morgan fingerprint density at radius 2 is 2.31 bits per heavy atom. The molecular weight excluding hydrogens is 211 g/mol. The zero-order valence-corrected chi connectivity index (χ0v) is 8.60. The van der Waals surface area contributed by atoms with Gasteiger partial charge in [0.15, 0.2) is 0 Å². The van der Waals surface area contributed by atoms with Crippen LogP contribution < -0.4 is 5.32 Å². The van der Waals surface area contributed by atoms with E-state index in [0.717, 1.165) is 5.56 Å². The number of rotatable bonds is 3. The number of halogens is 2. The van der Waals surface area contributed by atoms with Gasteiger partial charge in [0.1, 0.15) is 5.15 Å². The highest BCUT2D eigenvalue weighted by Gasteiger charge is 2.12. The number of aromatic nitrogens is 1. The molecule has 0 aliphatic carbocycles. The standard InChI is InChI=1S/C8H10Cl2N2O/c1-11-7(4-13)5-2-8(10)12-3-6(5)9/h2-3,7,11,13H,4H2,1H3. The molecule has 0 aliphatic heterocycles. The summed E-state index contributed by atoms with van der Waals surface area (Å²) in [5.41, 5.74) is 0.756. The Kier molecular flexibility index (Phi) is 3.93. The molecular formula is C8H10Cl2N2O. The van der Waals surface area contributed by atoms with Crippen LogP contribution in [0.25, 0.3) is 0 Å². The summed E-state index contributed by atoms with van der Waals surface area (Å²) < 4.78 is 0. The fourth-order valence-electron chi connectivity index (χ4n) is 1.04. The summed E-state index contributed by atoms with van der Waals surface area (Å²) in [6, 6.07) is 1.44. The average Bonchev–Trinajstić information content (AvgIpc) is 2.13. The molecule has 1 heterocycles. The Morgan fingerprint density at radius 3 is 2.85 bits per heavy atom. The lowest BCUT2D eigenvalue weighted by atomic mass is 10.1. The zero-order valence-electron chi connectivity index (χ0n) is 7.09. The molecule has 0 aromatic carbocycles. The van der Waals surface area contributed by atoms with E-state index in [0.29, 0.717) is 10.2 Å². The number of hydrogen-bond donors (Lipinski definition) is 2. The fraction of sp³-hybridized carbons (Fsp3) is 0.375. The summed E-state index contributed by atoms with van der Waals surface area (Å²) in [5.74, 6) is 0. The first-order chi connectivity index (χ1) is 6.19. The first kappa shape index (κ1) is 10.7. The van der Waals surface area contributed by atoms with Crippen LogP contribution >= 0.6 is 23.2 Å². The van der Waals surface area contributed by atoms with Gasteiger partial charge in [-0.3, -0.25) is 0 Å². The lowest BCUT2D eigenvalue weighted by molar-refractivity contribution is 0.251. The number of aliphatic hydroxyl groups excluding tert-OH is 1. The van der Waals surface area contributed by atoms with E-state index in [2.05, 4.69) is 10.3 Å². The van der Waals surface area contributed by atoms with Crippen LogP contribution in [-0.4, -0.2) is 23.7 Å². The monoisotopic (exact) mass is 220 g/mol. The van der Waals surface area contributed by atoms with Crippen LogP contribution in [0, 0.1) is 0 Å². The molecule has 1 unspecified atom stereocenters. The van der Waals surface area contributed by atoms with Crippen molar-refractivity contribution < 1.29 is 5.11 Å². The minimum atomic E-state index is -0.201. The molecule has 0 saturated carbocycles. The summed E-state index contributed by atoms with van der Waals surface area (Å²) in [6.07, 6.45) is 1.47. The maximum atomic E-state index is 9.01. The molecule has 2 N–H and O–H groups in total. The topological polar surface area (TPSA) is 45.1 Å². The van der Waals surface area contributed by atoms with Gasteiger partial charge in [-0.2, -0.15) is 0 Å². The first-order valence-electron chi connectivity index (χ1n) is 3.78. The number of nitrogens with zero attached hydrogens (tertiary/aromatic N) is 1. The van der Waals surface area contributed by atoms with Crippen LogP contribution in [0.1, 0.15) is 11.6 Å². The zero-order chi connectivity index (χ0) is 9.84. The van der Waals surface area contributed by atoms with Gasteiger partial charge in [-0.25, -0.2) is 4.98 Å². The van der Waals surface area contributed by atoms with E-state index in [9.17, 15) is 0 Å². The molecule has 1 aromatic heterocycles. The summed E-state index contributed by atoms with van der Waals surface area (Å²) in [7, 11) is 1.74. The number of likely N-dealkylation sites (N-methyl/N-ethyl adjacent to an activating group) is 1. The van der Waals surface area contributed by atoms with Crippen molar-refractivity contribution in [3.63, 3.8) is 0 Å². The number of pyridine rings is 1. The van der Waals surface area contributed by atoms with E-state index < -0.39 is 0 Å². The number of hydrogen-bond acceptors (Lipinski definition) is 3. The second-order valence-corrected chi connectivity index (χ2v) is 3.35. The molecule has 0 aliphatic rings. The van der Waals surface area contributed by atoms with Gasteiger partial charge < -0.3 is 10.4 Å². The molecule has 72 valence electrons. The Balaban J connectivity index is 3.03. The van der Waals surface area contributed by atoms with E-state index in [1.165, 1.54) is 6.20 Å². The Bertz CT molecular complexity index is 289. The summed E-state index contributed by atoms with van der Waals surface area (Å²) in [6.45, 7) is -0.0312. The van der Waals surface area contributed by atoms with Crippen molar-refractivity contribution in [2.45, 2.75) is 6.04 Å². The van der Waals surface area contributed by atoms with Crippen molar-refractivity contribution >= 4 is 23.2 Å². The van der Waals surface area contributed by atoms with E-state index in [1.807, 2.05) is 0 Å². The maximum absolute atomic E-state index is 9.01. The fourth-order valence-corrected chi connectivity index (χ4v) is 1.44. The molecule has 0 fully saturated rings. The molecule has 0 spiro atoms. The van der Waals surface area contributed by atoms with Crippen LogP contribution in [0.15, 0.2) is 12.3 Å². The predicted octanol–water partition coefficient (Wildman–Crippen LogP) is 1.64. The van der Waals surface area contributed by atoms with E-state index in [1.54, 1.807) is 13.1 Å².